The van der Waals surface area contributed by atoms with Gasteiger partial charge in [-0.2, -0.15) is 0 Å². The highest BCUT2D eigenvalue weighted by atomic mass is 79.9. The molecule has 4 aromatic rings. The smallest absolute Gasteiger partial charge is 0.301 e. The molecule has 2 heterocycles. The molecule has 0 aliphatic carbocycles. The highest BCUT2D eigenvalue weighted by Crippen LogP contribution is 2.43. The highest BCUT2D eigenvalue weighted by molar-refractivity contribution is 9.10. The van der Waals surface area contributed by atoms with Gasteiger partial charge in [0.1, 0.15) is 18.1 Å². The van der Waals surface area contributed by atoms with Crippen LogP contribution in [0.15, 0.2) is 94.4 Å². The average Bonchev–Trinajstić information content (AvgIpc) is 3.50. The molecule has 0 spiro atoms. The minimum absolute atomic E-state index is 0.0156. The first kappa shape index (κ1) is 24.0. The van der Waals surface area contributed by atoms with Gasteiger partial charge in [0.2, 0.25) is 0 Å². The molecule has 3 aromatic carbocycles. The number of anilines is 1. The Bertz CT molecular complexity index is 1470. The Kier molecular flexibility index (Phi) is 6.71. The van der Waals surface area contributed by atoms with E-state index in [0.29, 0.717) is 28.6 Å². The zero-order valence-corrected chi connectivity index (χ0v) is 21.6. The summed E-state index contributed by atoms with van der Waals surface area (Å²) >= 11 is 4.71. The van der Waals surface area contributed by atoms with Crippen LogP contribution in [0.4, 0.5) is 5.13 Å². The quantitative estimate of drug-likeness (QED) is 0.167. The molecule has 36 heavy (non-hydrogen) atoms. The summed E-state index contributed by atoms with van der Waals surface area (Å²) in [6.45, 7) is 2.45. The third kappa shape index (κ3) is 4.57. The molecular formula is C28H21BrN2O4S. The molecule has 0 bridgehead atoms. The molecule has 1 saturated heterocycles. The van der Waals surface area contributed by atoms with Crippen molar-refractivity contribution >= 4 is 49.8 Å². The van der Waals surface area contributed by atoms with Crippen molar-refractivity contribution in [3.63, 3.8) is 0 Å². The molecule has 1 amide bonds. The Balaban J connectivity index is 1.50. The van der Waals surface area contributed by atoms with Crippen LogP contribution < -0.4 is 9.64 Å². The largest absolute Gasteiger partial charge is 0.507 e. The summed E-state index contributed by atoms with van der Waals surface area (Å²) in [7, 11) is 0. The van der Waals surface area contributed by atoms with Crippen LogP contribution in [0, 0.1) is 6.92 Å². The van der Waals surface area contributed by atoms with E-state index in [1.54, 1.807) is 35.8 Å². The normalized spacial score (nSPS) is 16.9. The van der Waals surface area contributed by atoms with Gasteiger partial charge < -0.3 is 9.84 Å². The predicted molar refractivity (Wildman–Crippen MR) is 143 cm³/mol. The van der Waals surface area contributed by atoms with Crippen LogP contribution in [0.5, 0.6) is 5.75 Å². The molecule has 1 N–H and O–H groups in total. The van der Waals surface area contributed by atoms with E-state index >= 15 is 0 Å². The molecule has 0 radical (unpaired) electrons. The van der Waals surface area contributed by atoms with Gasteiger partial charge in [0.15, 0.2) is 5.13 Å². The maximum Gasteiger partial charge on any atom is 0.301 e. The number of hydrogen-bond acceptors (Lipinski definition) is 6. The van der Waals surface area contributed by atoms with Gasteiger partial charge in [0.25, 0.3) is 5.78 Å². The Morgan fingerprint density at radius 3 is 2.56 bits per heavy atom. The summed E-state index contributed by atoms with van der Waals surface area (Å²) in [6, 6.07) is 21.3. The molecule has 1 aliphatic rings. The lowest BCUT2D eigenvalue weighted by molar-refractivity contribution is -0.132. The van der Waals surface area contributed by atoms with Gasteiger partial charge in [-0.3, -0.25) is 14.5 Å². The SMILES string of the molecule is Cc1ccccc1COc1ccc(/C(O)=C2\C(=O)C(=O)N(c3nccs3)C2c2cccc(Br)c2)cc1. The topological polar surface area (TPSA) is 79.7 Å². The number of halogens is 1. The van der Waals surface area contributed by atoms with E-state index < -0.39 is 17.7 Å². The van der Waals surface area contributed by atoms with Crippen molar-refractivity contribution in [3.05, 3.63) is 117 Å². The van der Waals surface area contributed by atoms with Gasteiger partial charge >= 0.3 is 5.91 Å². The van der Waals surface area contributed by atoms with E-state index in [9.17, 15) is 14.7 Å². The number of aliphatic hydroxyl groups excluding tert-OH is 1. The van der Waals surface area contributed by atoms with Crippen LogP contribution in [0.3, 0.4) is 0 Å². The third-order valence-electron chi connectivity index (χ3n) is 6.02. The van der Waals surface area contributed by atoms with Crippen molar-refractivity contribution in [2.24, 2.45) is 0 Å². The van der Waals surface area contributed by atoms with Crippen LogP contribution in [0.2, 0.25) is 0 Å². The molecule has 1 fully saturated rings. The first-order valence-electron chi connectivity index (χ1n) is 11.2. The van der Waals surface area contributed by atoms with Crippen LogP contribution >= 0.6 is 27.3 Å². The fraction of sp³-hybridized carbons (Fsp3) is 0.107. The maximum atomic E-state index is 13.2. The molecule has 1 aliphatic heterocycles. The van der Waals surface area contributed by atoms with Crippen molar-refractivity contribution in [3.8, 4) is 5.75 Å². The number of benzene rings is 3. The molecule has 180 valence electrons. The second kappa shape index (κ2) is 10.1. The van der Waals surface area contributed by atoms with E-state index in [1.165, 1.54) is 16.2 Å². The van der Waals surface area contributed by atoms with E-state index in [0.717, 1.165) is 15.6 Å². The van der Waals surface area contributed by atoms with Gasteiger partial charge in [-0.15, -0.1) is 11.3 Å². The van der Waals surface area contributed by atoms with Crippen LogP contribution in [0.25, 0.3) is 5.76 Å². The molecular weight excluding hydrogens is 540 g/mol. The number of aryl methyl sites for hydroxylation is 1. The number of rotatable bonds is 6. The van der Waals surface area contributed by atoms with Gasteiger partial charge in [-0.25, -0.2) is 4.98 Å². The van der Waals surface area contributed by atoms with Gasteiger partial charge in [0.05, 0.1) is 11.6 Å². The number of carbonyl (C=O) groups excluding carboxylic acids is 2. The first-order chi connectivity index (χ1) is 17.4. The second-order valence-corrected chi connectivity index (χ2v) is 10.1. The lowest BCUT2D eigenvalue weighted by Gasteiger charge is -2.23. The number of nitrogens with zero attached hydrogens (tertiary/aromatic N) is 2. The second-order valence-electron chi connectivity index (χ2n) is 8.28. The fourth-order valence-electron chi connectivity index (χ4n) is 4.15. The molecule has 1 atom stereocenters. The number of aliphatic hydroxyl groups is 1. The molecule has 8 heteroatoms. The van der Waals surface area contributed by atoms with Crippen LogP contribution in [0.1, 0.15) is 28.3 Å². The number of ketones is 1. The lowest BCUT2D eigenvalue weighted by Crippen LogP contribution is -2.29. The summed E-state index contributed by atoms with van der Waals surface area (Å²) in [5.74, 6) is -1.10. The van der Waals surface area contributed by atoms with Crippen molar-refractivity contribution < 1.29 is 19.4 Å². The number of thiazole rings is 1. The number of Topliss-reactive ketones (excluding diaryl/α,β-unsaturated/α-hetero) is 1. The van der Waals surface area contributed by atoms with Crippen LogP contribution in [-0.2, 0) is 16.2 Å². The van der Waals surface area contributed by atoms with E-state index in [2.05, 4.69) is 20.9 Å². The summed E-state index contributed by atoms with van der Waals surface area (Å²) in [5, 5.41) is 13.4. The zero-order chi connectivity index (χ0) is 25.2. The van der Waals surface area contributed by atoms with Crippen molar-refractivity contribution in [2.75, 3.05) is 4.90 Å². The number of amides is 1. The Hall–Kier alpha value is -3.75. The van der Waals surface area contributed by atoms with Gasteiger partial charge in [-0.1, -0.05) is 52.3 Å². The summed E-state index contributed by atoms with van der Waals surface area (Å²) < 4.78 is 6.69. The third-order valence-corrected chi connectivity index (χ3v) is 7.28. The monoisotopic (exact) mass is 560 g/mol. The number of hydrogen-bond donors (Lipinski definition) is 1. The first-order valence-corrected chi connectivity index (χ1v) is 12.8. The molecule has 0 saturated carbocycles. The highest BCUT2D eigenvalue weighted by Gasteiger charge is 2.48. The van der Waals surface area contributed by atoms with E-state index in [1.807, 2.05) is 55.5 Å². The predicted octanol–water partition coefficient (Wildman–Crippen LogP) is 6.42. The van der Waals surface area contributed by atoms with Crippen molar-refractivity contribution in [1.29, 1.82) is 0 Å². The molecule has 1 unspecified atom stereocenters. The Morgan fingerprint density at radius 1 is 1.08 bits per heavy atom. The number of ether oxygens (including phenoxy) is 1. The minimum Gasteiger partial charge on any atom is -0.507 e. The summed E-state index contributed by atoms with van der Waals surface area (Å²) in [5.41, 5.74) is 3.33. The van der Waals surface area contributed by atoms with Gasteiger partial charge in [-0.05, 0) is 60.0 Å². The molecule has 6 nitrogen and oxygen atoms in total. The lowest BCUT2D eigenvalue weighted by atomic mass is 9.95. The van der Waals surface area contributed by atoms with Crippen molar-refractivity contribution in [1.82, 2.24) is 4.98 Å². The molecule has 1 aromatic heterocycles. The maximum absolute atomic E-state index is 13.2. The van der Waals surface area contributed by atoms with E-state index in [4.69, 9.17) is 4.74 Å². The van der Waals surface area contributed by atoms with E-state index in [-0.39, 0.29) is 11.3 Å². The van der Waals surface area contributed by atoms with Crippen LogP contribution in [-0.4, -0.2) is 21.8 Å². The number of carbonyl (C=O) groups is 2. The Morgan fingerprint density at radius 2 is 1.86 bits per heavy atom. The number of aromatic nitrogens is 1. The van der Waals surface area contributed by atoms with Crippen molar-refractivity contribution in [2.45, 2.75) is 19.6 Å². The zero-order valence-electron chi connectivity index (χ0n) is 19.2. The standard InChI is InChI=1S/C28H21BrN2O4S/c1-17-5-2-3-6-20(17)16-35-22-11-9-18(10-12-22)25(32)23-24(19-7-4-8-21(29)15-19)31(27(34)26(23)33)28-30-13-14-36-28/h2-15,24,32H,16H2,1H3/b25-23+. The minimum atomic E-state index is -0.814. The average molecular weight is 561 g/mol. The molecule has 5 rings (SSSR count). The summed E-state index contributed by atoms with van der Waals surface area (Å²) in [6.07, 6.45) is 1.58. The van der Waals surface area contributed by atoms with Gasteiger partial charge in [0, 0.05) is 21.6 Å². The summed E-state index contributed by atoms with van der Waals surface area (Å²) in [4.78, 5) is 31.9. The fourth-order valence-corrected chi connectivity index (χ4v) is 5.24. The Labute approximate surface area is 220 Å².